The predicted octanol–water partition coefficient (Wildman–Crippen LogP) is 2.26. The van der Waals surface area contributed by atoms with E-state index in [1.54, 1.807) is 14.0 Å². The second kappa shape index (κ2) is 6.42. The Morgan fingerprint density at radius 2 is 2.05 bits per heavy atom. The van der Waals surface area contributed by atoms with Crippen LogP contribution in [0.2, 0.25) is 0 Å². The Bertz CT molecular complexity index is 447. The quantitative estimate of drug-likeness (QED) is 0.867. The number of hydrogen-bond donors (Lipinski definition) is 2. The van der Waals surface area contributed by atoms with E-state index in [9.17, 15) is 18.0 Å². The molecule has 0 heterocycles. The first-order chi connectivity index (χ1) is 8.88. The lowest BCUT2D eigenvalue weighted by molar-refractivity contribution is -0.137. The van der Waals surface area contributed by atoms with Crippen molar-refractivity contribution in [2.75, 3.05) is 25.5 Å². The molecule has 106 valence electrons. The molecule has 19 heavy (non-hydrogen) atoms. The molecule has 0 fully saturated rings. The Morgan fingerprint density at radius 1 is 1.37 bits per heavy atom. The first kappa shape index (κ1) is 15.3. The third-order valence-electron chi connectivity index (χ3n) is 2.22. The average Bonchev–Trinajstić information content (AvgIpc) is 2.30. The highest BCUT2D eigenvalue weighted by atomic mass is 19.4. The number of ether oxygens (including phenoxy) is 1. The maximum atomic E-state index is 12.6. The standard InChI is InChI=1S/C12H15F3N2O2/c1-3-19-10-5-4-8(12(13,14)15)6-9(10)17-11(18)7-16-2/h4-6,16H,3,7H2,1-2H3,(H,17,18). The molecule has 1 aromatic rings. The van der Waals surface area contributed by atoms with Gasteiger partial charge in [0.05, 0.1) is 24.4 Å². The summed E-state index contributed by atoms with van der Waals surface area (Å²) in [5, 5.41) is 4.99. The number of carbonyl (C=O) groups excluding carboxylic acids is 1. The number of benzene rings is 1. The molecule has 0 aliphatic carbocycles. The van der Waals surface area contributed by atoms with Gasteiger partial charge in [0.15, 0.2) is 0 Å². The van der Waals surface area contributed by atoms with Gasteiger partial charge < -0.3 is 15.4 Å². The summed E-state index contributed by atoms with van der Waals surface area (Å²) in [4.78, 5) is 11.4. The third-order valence-corrected chi connectivity index (χ3v) is 2.22. The summed E-state index contributed by atoms with van der Waals surface area (Å²) in [6, 6.07) is 2.97. The molecule has 0 saturated heterocycles. The van der Waals surface area contributed by atoms with Crippen LogP contribution in [-0.2, 0) is 11.0 Å². The van der Waals surface area contributed by atoms with Crippen molar-refractivity contribution in [3.63, 3.8) is 0 Å². The van der Waals surface area contributed by atoms with Crippen LogP contribution in [0.1, 0.15) is 12.5 Å². The van der Waals surface area contributed by atoms with E-state index in [-0.39, 0.29) is 18.0 Å². The molecule has 4 nitrogen and oxygen atoms in total. The number of hydrogen-bond acceptors (Lipinski definition) is 3. The molecule has 0 atom stereocenters. The van der Waals surface area contributed by atoms with Crippen LogP contribution in [-0.4, -0.2) is 26.1 Å². The number of alkyl halides is 3. The van der Waals surface area contributed by atoms with E-state index in [2.05, 4.69) is 10.6 Å². The molecule has 0 aromatic heterocycles. The van der Waals surface area contributed by atoms with Gasteiger partial charge in [-0.3, -0.25) is 4.79 Å². The minimum absolute atomic E-state index is 0.00180. The van der Waals surface area contributed by atoms with E-state index in [0.29, 0.717) is 6.61 Å². The van der Waals surface area contributed by atoms with Crippen LogP contribution in [0.4, 0.5) is 18.9 Å². The molecular formula is C12H15F3N2O2. The summed E-state index contributed by atoms with van der Waals surface area (Å²) in [7, 11) is 1.56. The van der Waals surface area contributed by atoms with E-state index in [1.165, 1.54) is 6.07 Å². The fraction of sp³-hybridized carbons (Fsp3) is 0.417. The molecule has 1 aromatic carbocycles. The summed E-state index contributed by atoms with van der Waals surface area (Å²) in [6.45, 7) is 2.00. The number of likely N-dealkylation sites (N-methyl/N-ethyl adjacent to an activating group) is 1. The molecule has 2 N–H and O–H groups in total. The maximum absolute atomic E-state index is 12.6. The lowest BCUT2D eigenvalue weighted by Gasteiger charge is -2.14. The van der Waals surface area contributed by atoms with Crippen LogP contribution in [0.3, 0.4) is 0 Å². The molecule has 0 unspecified atom stereocenters. The first-order valence-corrected chi connectivity index (χ1v) is 5.67. The minimum atomic E-state index is -4.47. The monoisotopic (exact) mass is 276 g/mol. The smallest absolute Gasteiger partial charge is 0.416 e. The van der Waals surface area contributed by atoms with Crippen molar-refractivity contribution in [2.24, 2.45) is 0 Å². The Kier molecular flexibility index (Phi) is 5.17. The van der Waals surface area contributed by atoms with E-state index < -0.39 is 17.6 Å². The summed E-state index contributed by atoms with van der Waals surface area (Å²) in [5.74, 6) is -0.234. The first-order valence-electron chi connectivity index (χ1n) is 5.67. The number of rotatable bonds is 5. The third kappa shape index (κ3) is 4.44. The largest absolute Gasteiger partial charge is 0.492 e. The van der Waals surface area contributed by atoms with Gasteiger partial charge in [0.1, 0.15) is 5.75 Å². The van der Waals surface area contributed by atoms with Gasteiger partial charge in [-0.15, -0.1) is 0 Å². The average molecular weight is 276 g/mol. The van der Waals surface area contributed by atoms with E-state index in [1.807, 2.05) is 0 Å². The second-order valence-electron chi connectivity index (χ2n) is 3.72. The Morgan fingerprint density at radius 3 is 2.58 bits per heavy atom. The number of anilines is 1. The highest BCUT2D eigenvalue weighted by Gasteiger charge is 2.31. The second-order valence-corrected chi connectivity index (χ2v) is 3.72. The summed E-state index contributed by atoms with van der Waals surface area (Å²) in [5.41, 5.74) is -0.826. The van der Waals surface area contributed by atoms with Crippen LogP contribution in [0.5, 0.6) is 5.75 Å². The highest BCUT2D eigenvalue weighted by molar-refractivity contribution is 5.93. The number of halogens is 3. The lowest BCUT2D eigenvalue weighted by Crippen LogP contribution is -2.25. The Balaban J connectivity index is 3.05. The summed E-state index contributed by atoms with van der Waals surface area (Å²) in [6.07, 6.45) is -4.47. The predicted molar refractivity (Wildman–Crippen MR) is 65.2 cm³/mol. The zero-order valence-electron chi connectivity index (χ0n) is 10.6. The fourth-order valence-electron chi connectivity index (χ4n) is 1.44. The molecular weight excluding hydrogens is 261 g/mol. The van der Waals surface area contributed by atoms with Crippen molar-refractivity contribution < 1.29 is 22.7 Å². The molecule has 1 amide bonds. The van der Waals surface area contributed by atoms with Gasteiger partial charge in [-0.05, 0) is 32.2 Å². The van der Waals surface area contributed by atoms with Gasteiger partial charge in [-0.2, -0.15) is 13.2 Å². The van der Waals surface area contributed by atoms with Crippen LogP contribution in [0.15, 0.2) is 18.2 Å². The van der Waals surface area contributed by atoms with Crippen LogP contribution in [0, 0.1) is 0 Å². The molecule has 0 radical (unpaired) electrons. The van der Waals surface area contributed by atoms with E-state index in [4.69, 9.17) is 4.74 Å². The zero-order chi connectivity index (χ0) is 14.5. The summed E-state index contributed by atoms with van der Waals surface area (Å²) >= 11 is 0. The van der Waals surface area contributed by atoms with Crippen molar-refractivity contribution >= 4 is 11.6 Å². The van der Waals surface area contributed by atoms with E-state index in [0.717, 1.165) is 12.1 Å². The van der Waals surface area contributed by atoms with Gasteiger partial charge in [0.25, 0.3) is 0 Å². The molecule has 0 saturated carbocycles. The maximum Gasteiger partial charge on any atom is 0.416 e. The minimum Gasteiger partial charge on any atom is -0.492 e. The van der Waals surface area contributed by atoms with Crippen molar-refractivity contribution in [2.45, 2.75) is 13.1 Å². The van der Waals surface area contributed by atoms with Crippen molar-refractivity contribution in [3.8, 4) is 5.75 Å². The molecule has 0 spiro atoms. The van der Waals surface area contributed by atoms with Crippen LogP contribution >= 0.6 is 0 Å². The van der Waals surface area contributed by atoms with Gasteiger partial charge >= 0.3 is 6.18 Å². The molecule has 0 aliphatic heterocycles. The van der Waals surface area contributed by atoms with Gasteiger partial charge in [-0.1, -0.05) is 0 Å². The van der Waals surface area contributed by atoms with Gasteiger partial charge in [0.2, 0.25) is 5.91 Å². The SMILES string of the molecule is CCOc1ccc(C(F)(F)F)cc1NC(=O)CNC. The van der Waals surface area contributed by atoms with Crippen molar-refractivity contribution in [1.82, 2.24) is 5.32 Å². The molecule has 0 aliphatic rings. The van der Waals surface area contributed by atoms with Gasteiger partial charge in [-0.25, -0.2) is 0 Å². The molecule has 7 heteroatoms. The van der Waals surface area contributed by atoms with Crippen molar-refractivity contribution in [3.05, 3.63) is 23.8 Å². The van der Waals surface area contributed by atoms with Gasteiger partial charge in [0, 0.05) is 0 Å². The number of carbonyl (C=O) groups is 1. The Labute approximate surface area is 108 Å². The topological polar surface area (TPSA) is 50.4 Å². The Hall–Kier alpha value is -1.76. The lowest BCUT2D eigenvalue weighted by atomic mass is 10.1. The number of nitrogens with one attached hydrogen (secondary N) is 2. The highest BCUT2D eigenvalue weighted by Crippen LogP contribution is 2.35. The van der Waals surface area contributed by atoms with Crippen LogP contribution < -0.4 is 15.4 Å². The zero-order valence-corrected chi connectivity index (χ0v) is 10.6. The fourth-order valence-corrected chi connectivity index (χ4v) is 1.44. The molecule has 0 bridgehead atoms. The summed E-state index contributed by atoms with van der Waals surface area (Å²) < 4.78 is 43.0. The normalized spacial score (nSPS) is 11.2. The number of amides is 1. The molecule has 1 rings (SSSR count). The van der Waals surface area contributed by atoms with Crippen LogP contribution in [0.25, 0.3) is 0 Å². The van der Waals surface area contributed by atoms with E-state index >= 15 is 0 Å². The van der Waals surface area contributed by atoms with Crippen molar-refractivity contribution in [1.29, 1.82) is 0 Å².